The maximum atomic E-state index is 10.2. The highest BCUT2D eigenvalue weighted by molar-refractivity contribution is 7.28. The van der Waals surface area contributed by atoms with Gasteiger partial charge in [0, 0.05) is 48.5 Å². The van der Waals surface area contributed by atoms with Gasteiger partial charge in [-0.2, -0.15) is 0 Å². The number of aldehydes is 1. The van der Waals surface area contributed by atoms with Crippen molar-refractivity contribution in [2.45, 2.75) is 27.2 Å². The fourth-order valence-corrected chi connectivity index (χ4v) is 3.94. The Hall–Kier alpha value is -3.90. The molecule has 0 saturated carbocycles. The molecule has 0 radical (unpaired) electrons. The lowest BCUT2D eigenvalue weighted by atomic mass is 10.1. The molecule has 4 aromatic rings. The molecule has 37 heavy (non-hydrogen) atoms. The first-order valence-electron chi connectivity index (χ1n) is 12.1. The van der Waals surface area contributed by atoms with Gasteiger partial charge in [-0.1, -0.05) is 53.9 Å². The van der Waals surface area contributed by atoms with E-state index in [4.69, 9.17) is 10.5 Å². The number of nitrogen functional groups attached to an aromatic ring is 1. The van der Waals surface area contributed by atoms with Crippen molar-refractivity contribution >= 4 is 43.4 Å². The number of ether oxygens (including phenoxy) is 1. The first-order valence-corrected chi connectivity index (χ1v) is 12.6. The number of rotatable bonds is 8. The van der Waals surface area contributed by atoms with E-state index in [2.05, 4.69) is 36.6 Å². The summed E-state index contributed by atoms with van der Waals surface area (Å²) in [5.41, 5.74) is 10.8. The summed E-state index contributed by atoms with van der Waals surface area (Å²) in [7, 11) is 6.29. The number of nitrogens with one attached hydrogen (secondary N) is 2. The summed E-state index contributed by atoms with van der Waals surface area (Å²) < 4.78 is 7.28. The highest BCUT2D eigenvalue weighted by atomic mass is 31.0. The first kappa shape index (κ1) is 29.3. The van der Waals surface area contributed by atoms with Crippen LogP contribution < -0.4 is 26.5 Å². The second-order valence-corrected chi connectivity index (χ2v) is 8.36. The van der Waals surface area contributed by atoms with Crippen molar-refractivity contribution in [3.05, 3.63) is 78.1 Å². The predicted octanol–water partition coefficient (Wildman–Crippen LogP) is 4.88. The van der Waals surface area contributed by atoms with Crippen LogP contribution in [-0.2, 0) is 0 Å². The number of anilines is 2. The third-order valence-electron chi connectivity index (χ3n) is 5.55. The normalized spacial score (nSPS) is 9.89. The lowest BCUT2D eigenvalue weighted by molar-refractivity contribution is 0.112. The molecule has 4 N–H and O–H groups in total. The number of carbonyl (C=O) groups is 1. The number of hydrogen-bond acceptors (Lipinski definition) is 7. The molecule has 0 bridgehead atoms. The Bertz CT molecular complexity index is 1320. The van der Waals surface area contributed by atoms with Gasteiger partial charge in [0.15, 0.2) is 11.6 Å². The van der Waals surface area contributed by atoms with Crippen LogP contribution in [0.3, 0.4) is 0 Å². The standard InChI is InChI=1S/C18H23N6OP.C8H8O.C2H6/c1-11(20-2)8-9-21-17-15-14(16(19)22-23-17)10-24(18(15)26)12-4-6-13(25-3)7-5-12;1-7-4-2-3-5-8(7)6-9;1-2/h4-7,10,20H,1,8-9,26H2,2-3H3,(H2,19,22)(H,21,23);2-6H,1H3;1-2H3. The summed E-state index contributed by atoms with van der Waals surface area (Å²) in [5, 5.41) is 16.5. The Kier molecular flexibility index (Phi) is 11.6. The fraction of sp³-hybridized carbons (Fsp3) is 0.250. The number of nitrogens with two attached hydrogens (primary N) is 1. The summed E-state index contributed by atoms with van der Waals surface area (Å²) in [6.45, 7) is 10.6. The van der Waals surface area contributed by atoms with Crippen LogP contribution in [0.5, 0.6) is 5.75 Å². The van der Waals surface area contributed by atoms with E-state index >= 15 is 0 Å². The molecule has 1 atom stereocenters. The van der Waals surface area contributed by atoms with Crippen LogP contribution in [0.15, 0.2) is 67.0 Å². The molecule has 2 heterocycles. The molecule has 196 valence electrons. The SMILES string of the molecule is C=C(CCNc1nnc(N)c2cn(-c3ccc(OC)cc3)c(P)c12)NC.CC.Cc1ccccc1C=O. The van der Waals surface area contributed by atoms with E-state index in [9.17, 15) is 4.79 Å². The summed E-state index contributed by atoms with van der Waals surface area (Å²) in [4.78, 5) is 10.2. The zero-order valence-corrected chi connectivity index (χ0v) is 23.4. The lowest BCUT2D eigenvalue weighted by Crippen LogP contribution is -2.13. The molecule has 0 aliphatic carbocycles. The van der Waals surface area contributed by atoms with Gasteiger partial charge in [-0.05, 0) is 36.8 Å². The maximum absolute atomic E-state index is 10.2. The van der Waals surface area contributed by atoms with Crippen LogP contribution in [-0.4, -0.2) is 41.8 Å². The lowest BCUT2D eigenvalue weighted by Gasteiger charge is -2.10. The van der Waals surface area contributed by atoms with Crippen molar-refractivity contribution in [3.8, 4) is 11.4 Å². The van der Waals surface area contributed by atoms with E-state index in [1.807, 2.05) is 87.1 Å². The molecule has 0 aliphatic rings. The molecule has 4 rings (SSSR count). The van der Waals surface area contributed by atoms with Gasteiger partial charge in [0.05, 0.1) is 17.9 Å². The fourth-order valence-electron chi connectivity index (χ4n) is 3.43. The topological polar surface area (TPSA) is 107 Å². The molecule has 0 amide bonds. The number of benzene rings is 2. The Balaban J connectivity index is 0.000000367. The molecule has 1 unspecified atom stereocenters. The van der Waals surface area contributed by atoms with E-state index in [1.54, 1.807) is 7.11 Å². The monoisotopic (exact) mass is 520 g/mol. The molecular formula is C28H37N6O2P. The minimum atomic E-state index is 0.404. The van der Waals surface area contributed by atoms with Gasteiger partial charge < -0.3 is 25.7 Å². The Morgan fingerprint density at radius 3 is 2.41 bits per heavy atom. The molecule has 0 aliphatic heterocycles. The zero-order chi connectivity index (χ0) is 27.4. The third-order valence-corrected chi connectivity index (χ3v) is 6.12. The van der Waals surface area contributed by atoms with E-state index in [0.717, 1.165) is 57.2 Å². The quantitative estimate of drug-likeness (QED) is 0.225. The minimum Gasteiger partial charge on any atom is -0.497 e. The molecule has 9 heteroatoms. The van der Waals surface area contributed by atoms with Crippen molar-refractivity contribution in [2.75, 3.05) is 31.8 Å². The van der Waals surface area contributed by atoms with Crippen molar-refractivity contribution in [1.29, 1.82) is 0 Å². The van der Waals surface area contributed by atoms with Gasteiger partial charge in [0.25, 0.3) is 0 Å². The number of nitrogens with zero attached hydrogens (tertiary/aromatic N) is 3. The van der Waals surface area contributed by atoms with Crippen LogP contribution in [0.1, 0.15) is 36.2 Å². The highest BCUT2D eigenvalue weighted by Gasteiger charge is 2.16. The number of aryl methyl sites for hydroxylation is 1. The predicted molar refractivity (Wildman–Crippen MR) is 158 cm³/mol. The van der Waals surface area contributed by atoms with E-state index in [1.165, 1.54) is 0 Å². The van der Waals surface area contributed by atoms with Crippen molar-refractivity contribution in [3.63, 3.8) is 0 Å². The molecule has 8 nitrogen and oxygen atoms in total. The van der Waals surface area contributed by atoms with Gasteiger partial charge in [-0.3, -0.25) is 4.79 Å². The van der Waals surface area contributed by atoms with Crippen LogP contribution in [0.25, 0.3) is 16.5 Å². The first-order chi connectivity index (χ1) is 17.9. The molecule has 0 spiro atoms. The number of fused-ring (bicyclic) bond motifs is 1. The van der Waals surface area contributed by atoms with Crippen molar-refractivity contribution in [2.24, 2.45) is 0 Å². The van der Waals surface area contributed by atoms with Gasteiger partial charge in [0.2, 0.25) is 0 Å². The zero-order valence-electron chi connectivity index (χ0n) is 22.2. The maximum Gasteiger partial charge on any atom is 0.158 e. The van der Waals surface area contributed by atoms with Crippen LogP contribution >= 0.6 is 9.24 Å². The van der Waals surface area contributed by atoms with Gasteiger partial charge in [-0.25, -0.2) is 0 Å². The van der Waals surface area contributed by atoms with Gasteiger partial charge in [-0.15, -0.1) is 10.2 Å². The summed E-state index contributed by atoms with van der Waals surface area (Å²) in [6.07, 6.45) is 3.63. The molecule has 0 fully saturated rings. The molecule has 2 aromatic heterocycles. The second-order valence-electron chi connectivity index (χ2n) is 7.81. The number of aromatic nitrogens is 3. The van der Waals surface area contributed by atoms with Crippen molar-refractivity contribution < 1.29 is 9.53 Å². The van der Waals surface area contributed by atoms with Crippen LogP contribution in [0.4, 0.5) is 11.6 Å². The Morgan fingerprint density at radius 1 is 1.16 bits per heavy atom. The Labute approximate surface area is 221 Å². The number of methoxy groups -OCH3 is 1. The summed E-state index contributed by atoms with van der Waals surface area (Å²) >= 11 is 0. The average Bonchev–Trinajstić information content (AvgIpc) is 3.29. The Morgan fingerprint density at radius 2 is 1.84 bits per heavy atom. The second kappa shape index (κ2) is 14.6. The summed E-state index contributed by atoms with van der Waals surface area (Å²) in [6, 6.07) is 15.3. The molecule has 0 saturated heterocycles. The summed E-state index contributed by atoms with van der Waals surface area (Å²) in [5.74, 6) is 1.92. The number of carbonyl (C=O) groups excluding carboxylic acids is 1. The van der Waals surface area contributed by atoms with E-state index in [0.29, 0.717) is 18.2 Å². The minimum absolute atomic E-state index is 0.404. The largest absolute Gasteiger partial charge is 0.497 e. The molecular weight excluding hydrogens is 483 g/mol. The highest BCUT2D eigenvalue weighted by Crippen LogP contribution is 2.28. The van der Waals surface area contributed by atoms with E-state index in [-0.39, 0.29) is 0 Å². The van der Waals surface area contributed by atoms with E-state index < -0.39 is 0 Å². The van der Waals surface area contributed by atoms with Gasteiger partial charge >= 0.3 is 0 Å². The smallest absolute Gasteiger partial charge is 0.158 e. The van der Waals surface area contributed by atoms with Crippen LogP contribution in [0, 0.1) is 6.92 Å². The average molecular weight is 521 g/mol. The van der Waals surface area contributed by atoms with Crippen molar-refractivity contribution in [1.82, 2.24) is 20.1 Å². The number of hydrogen-bond donors (Lipinski definition) is 3. The molecule has 2 aromatic carbocycles. The third kappa shape index (κ3) is 7.54. The van der Waals surface area contributed by atoms with Crippen LogP contribution in [0.2, 0.25) is 0 Å². The van der Waals surface area contributed by atoms with Gasteiger partial charge in [0.1, 0.15) is 12.0 Å².